The number of rotatable bonds is 3. The summed E-state index contributed by atoms with van der Waals surface area (Å²) in [5.74, 6) is -0.451. The number of amides is 1. The van der Waals surface area contributed by atoms with Crippen LogP contribution < -0.4 is 5.32 Å². The molecule has 5 atom stereocenters. The lowest BCUT2D eigenvalue weighted by Crippen LogP contribution is -2.62. The number of alkyl halides is 1. The number of hydrogen-bond acceptors (Lipinski definition) is 5. The van der Waals surface area contributed by atoms with E-state index in [4.69, 9.17) is 14.6 Å². The topological polar surface area (TPSA) is 88.0 Å². The highest BCUT2D eigenvalue weighted by molar-refractivity contribution is 5.73. The number of ether oxygens (including phenoxy) is 2. The average molecular weight is 237 g/mol. The first-order valence-corrected chi connectivity index (χ1v) is 4.89. The summed E-state index contributed by atoms with van der Waals surface area (Å²) >= 11 is 0. The molecule has 0 saturated carbocycles. The fourth-order valence-electron chi connectivity index (χ4n) is 1.64. The summed E-state index contributed by atoms with van der Waals surface area (Å²) < 4.78 is 23.7. The van der Waals surface area contributed by atoms with Crippen LogP contribution in [0.4, 0.5) is 4.39 Å². The van der Waals surface area contributed by atoms with Gasteiger partial charge in [0.2, 0.25) is 5.91 Å². The first-order valence-electron chi connectivity index (χ1n) is 4.89. The van der Waals surface area contributed by atoms with Gasteiger partial charge in [-0.2, -0.15) is 0 Å². The highest BCUT2D eigenvalue weighted by atomic mass is 19.1. The van der Waals surface area contributed by atoms with Gasteiger partial charge in [0.15, 0.2) is 12.5 Å². The molecule has 3 N–H and O–H groups in total. The van der Waals surface area contributed by atoms with E-state index in [-0.39, 0.29) is 0 Å². The third-order valence-electron chi connectivity index (χ3n) is 2.43. The van der Waals surface area contributed by atoms with Crippen molar-refractivity contribution in [3.05, 3.63) is 0 Å². The van der Waals surface area contributed by atoms with Crippen LogP contribution in [-0.2, 0) is 14.3 Å². The fraction of sp³-hybridized carbons (Fsp3) is 0.889. The molecule has 94 valence electrons. The molecule has 1 saturated heterocycles. The van der Waals surface area contributed by atoms with E-state index in [1.165, 1.54) is 14.0 Å². The molecule has 7 heteroatoms. The minimum absolute atomic E-state index is 0.451. The number of methoxy groups -OCH3 is 1. The Kier molecular flexibility index (Phi) is 4.60. The first-order chi connectivity index (χ1) is 7.51. The van der Waals surface area contributed by atoms with Crippen molar-refractivity contribution in [1.82, 2.24) is 5.32 Å². The molecule has 1 aliphatic heterocycles. The minimum Gasteiger partial charge on any atom is -0.394 e. The summed E-state index contributed by atoms with van der Waals surface area (Å²) in [4.78, 5) is 10.9. The second-order valence-electron chi connectivity index (χ2n) is 3.62. The van der Waals surface area contributed by atoms with Gasteiger partial charge in [-0.15, -0.1) is 0 Å². The van der Waals surface area contributed by atoms with Crippen molar-refractivity contribution in [2.24, 2.45) is 0 Å². The number of hydrogen-bond donors (Lipinski definition) is 3. The third kappa shape index (κ3) is 2.67. The number of nitrogens with one attached hydrogen (secondary N) is 1. The molecule has 1 aliphatic rings. The van der Waals surface area contributed by atoms with Crippen LogP contribution in [-0.4, -0.2) is 60.5 Å². The van der Waals surface area contributed by atoms with Crippen molar-refractivity contribution in [1.29, 1.82) is 0 Å². The molecule has 1 amide bonds. The summed E-state index contributed by atoms with van der Waals surface area (Å²) in [6.45, 7) is 0.707. The molecule has 0 bridgehead atoms. The largest absolute Gasteiger partial charge is 0.394 e. The summed E-state index contributed by atoms with van der Waals surface area (Å²) in [6.07, 6.45) is -5.32. The van der Waals surface area contributed by atoms with Gasteiger partial charge >= 0.3 is 0 Å². The van der Waals surface area contributed by atoms with E-state index in [2.05, 4.69) is 5.32 Å². The molecule has 1 heterocycles. The number of aliphatic hydroxyl groups is 2. The standard InChI is InChI=1S/C9H16FNO5/c1-4(13)11-7-6(10)8(14)5(3-12)16-9(7)15-2/h5-9,12,14H,3H2,1-2H3,(H,11,13)/t5-,6-,7+,8-,9+/m1/s1. The summed E-state index contributed by atoms with van der Waals surface area (Å²) in [6, 6.07) is -1.08. The van der Waals surface area contributed by atoms with Gasteiger partial charge in [-0.3, -0.25) is 4.79 Å². The van der Waals surface area contributed by atoms with E-state index in [9.17, 15) is 14.3 Å². The zero-order chi connectivity index (χ0) is 12.3. The third-order valence-corrected chi connectivity index (χ3v) is 2.43. The fourth-order valence-corrected chi connectivity index (χ4v) is 1.64. The van der Waals surface area contributed by atoms with Crippen LogP contribution in [0.25, 0.3) is 0 Å². The van der Waals surface area contributed by atoms with Gasteiger partial charge in [0, 0.05) is 14.0 Å². The minimum atomic E-state index is -1.75. The zero-order valence-corrected chi connectivity index (χ0v) is 9.09. The summed E-state index contributed by atoms with van der Waals surface area (Å²) in [7, 11) is 1.29. The Bertz CT molecular complexity index is 250. The molecule has 6 nitrogen and oxygen atoms in total. The lowest BCUT2D eigenvalue weighted by Gasteiger charge is -2.40. The monoisotopic (exact) mass is 237 g/mol. The number of carbonyl (C=O) groups excluding carboxylic acids is 1. The molecule has 1 fully saturated rings. The average Bonchev–Trinajstić information content (AvgIpc) is 2.25. The molecule has 0 aromatic heterocycles. The SMILES string of the molecule is CO[C@H]1O[C@H](CO)[C@@H](O)[C@H](F)[C@@H]1NC(C)=O. The highest BCUT2D eigenvalue weighted by Gasteiger charge is 2.46. The second kappa shape index (κ2) is 5.53. The van der Waals surface area contributed by atoms with Crippen molar-refractivity contribution in [2.45, 2.75) is 37.6 Å². The van der Waals surface area contributed by atoms with Crippen LogP contribution in [0.3, 0.4) is 0 Å². The summed E-state index contributed by atoms with van der Waals surface area (Å²) in [5, 5.41) is 20.6. The van der Waals surface area contributed by atoms with E-state index in [0.717, 1.165) is 0 Å². The van der Waals surface area contributed by atoms with Crippen molar-refractivity contribution in [3.63, 3.8) is 0 Å². The predicted molar refractivity (Wildman–Crippen MR) is 51.3 cm³/mol. The maximum Gasteiger partial charge on any atom is 0.217 e. The van der Waals surface area contributed by atoms with Gasteiger partial charge in [0.05, 0.1) is 6.61 Å². The molecule has 0 aromatic carbocycles. The Morgan fingerprint density at radius 2 is 2.25 bits per heavy atom. The van der Waals surface area contributed by atoms with Gasteiger partial charge in [-0.1, -0.05) is 0 Å². The highest BCUT2D eigenvalue weighted by Crippen LogP contribution is 2.23. The zero-order valence-electron chi connectivity index (χ0n) is 9.09. The Labute approximate surface area is 92.3 Å². The Hall–Kier alpha value is -0.760. The lowest BCUT2D eigenvalue weighted by atomic mass is 9.98. The van der Waals surface area contributed by atoms with Crippen molar-refractivity contribution < 1.29 is 28.9 Å². The Balaban J connectivity index is 2.77. The van der Waals surface area contributed by atoms with Gasteiger partial charge in [0.25, 0.3) is 0 Å². The van der Waals surface area contributed by atoms with E-state index >= 15 is 0 Å². The number of halogens is 1. The molecule has 0 aromatic rings. The van der Waals surface area contributed by atoms with Gasteiger partial charge in [0.1, 0.15) is 18.2 Å². The molecule has 0 unspecified atom stereocenters. The van der Waals surface area contributed by atoms with E-state index in [1.54, 1.807) is 0 Å². The van der Waals surface area contributed by atoms with Gasteiger partial charge < -0.3 is 25.0 Å². The molecule has 1 rings (SSSR count). The van der Waals surface area contributed by atoms with Crippen LogP contribution in [0.5, 0.6) is 0 Å². The number of carbonyl (C=O) groups is 1. The maximum atomic E-state index is 13.7. The second-order valence-corrected chi connectivity index (χ2v) is 3.62. The van der Waals surface area contributed by atoms with Gasteiger partial charge in [-0.05, 0) is 0 Å². The molecule has 0 radical (unpaired) electrons. The van der Waals surface area contributed by atoms with E-state index in [1.807, 2.05) is 0 Å². The molecule has 0 spiro atoms. The quantitative estimate of drug-likeness (QED) is 0.559. The summed E-state index contributed by atoms with van der Waals surface area (Å²) in [5.41, 5.74) is 0. The maximum absolute atomic E-state index is 13.7. The smallest absolute Gasteiger partial charge is 0.217 e. The van der Waals surface area contributed by atoms with Gasteiger partial charge in [-0.25, -0.2) is 4.39 Å². The molecule has 16 heavy (non-hydrogen) atoms. The van der Waals surface area contributed by atoms with Crippen LogP contribution in [0.2, 0.25) is 0 Å². The van der Waals surface area contributed by atoms with Crippen LogP contribution in [0, 0.1) is 0 Å². The van der Waals surface area contributed by atoms with Crippen molar-refractivity contribution in [3.8, 4) is 0 Å². The van der Waals surface area contributed by atoms with E-state index < -0.39 is 43.2 Å². The Morgan fingerprint density at radius 1 is 1.62 bits per heavy atom. The van der Waals surface area contributed by atoms with Crippen molar-refractivity contribution in [2.75, 3.05) is 13.7 Å². The normalized spacial score (nSPS) is 39.4. The van der Waals surface area contributed by atoms with Crippen LogP contribution >= 0.6 is 0 Å². The van der Waals surface area contributed by atoms with Crippen LogP contribution in [0.15, 0.2) is 0 Å². The van der Waals surface area contributed by atoms with Crippen molar-refractivity contribution >= 4 is 5.91 Å². The predicted octanol–water partition coefficient (Wildman–Crippen LogP) is -1.45. The first kappa shape index (κ1) is 13.3. The molecular weight excluding hydrogens is 221 g/mol. The Morgan fingerprint density at radius 3 is 2.69 bits per heavy atom. The molecular formula is C9H16FNO5. The van der Waals surface area contributed by atoms with E-state index in [0.29, 0.717) is 0 Å². The molecule has 0 aliphatic carbocycles. The van der Waals surface area contributed by atoms with Crippen LogP contribution in [0.1, 0.15) is 6.92 Å². The lowest BCUT2D eigenvalue weighted by molar-refractivity contribution is -0.252. The number of aliphatic hydroxyl groups excluding tert-OH is 2.